The van der Waals surface area contributed by atoms with Gasteiger partial charge in [0.05, 0.1) is 12.1 Å². The van der Waals surface area contributed by atoms with Crippen LogP contribution in [-0.2, 0) is 9.53 Å². The Labute approximate surface area is 99.1 Å². The first-order chi connectivity index (χ1) is 8.02. The molecule has 1 fully saturated rings. The van der Waals surface area contributed by atoms with Gasteiger partial charge in [0.2, 0.25) is 0 Å². The van der Waals surface area contributed by atoms with Crippen molar-refractivity contribution < 1.29 is 24.5 Å². The second-order valence-corrected chi connectivity index (χ2v) is 4.13. The van der Waals surface area contributed by atoms with Gasteiger partial charge in [0.1, 0.15) is 0 Å². The number of aliphatic hydroxyl groups excluding tert-OH is 1. The Hall–Kier alpha value is -1.34. The van der Waals surface area contributed by atoms with E-state index in [0.29, 0.717) is 19.4 Å². The van der Waals surface area contributed by atoms with E-state index in [0.717, 1.165) is 6.42 Å². The average Bonchev–Trinajstić information content (AvgIpc) is 2.22. The molecule has 2 amide bonds. The van der Waals surface area contributed by atoms with Crippen LogP contribution in [0.15, 0.2) is 0 Å². The Morgan fingerprint density at radius 3 is 2.53 bits per heavy atom. The third-order valence-electron chi connectivity index (χ3n) is 2.98. The van der Waals surface area contributed by atoms with E-state index in [9.17, 15) is 14.7 Å². The molecule has 1 saturated carbocycles. The maximum atomic E-state index is 11.6. The van der Waals surface area contributed by atoms with Gasteiger partial charge in [-0.3, -0.25) is 4.79 Å². The zero-order valence-electron chi connectivity index (χ0n) is 9.73. The van der Waals surface area contributed by atoms with E-state index in [-0.39, 0.29) is 6.54 Å². The average molecular weight is 246 g/mol. The quantitative estimate of drug-likeness (QED) is 0.463. The summed E-state index contributed by atoms with van der Waals surface area (Å²) in [6.07, 6.45) is -0.850. The van der Waals surface area contributed by atoms with E-state index in [4.69, 9.17) is 9.84 Å². The van der Waals surface area contributed by atoms with Crippen molar-refractivity contribution in [3.05, 3.63) is 0 Å². The Balaban J connectivity index is 2.50. The first-order valence-electron chi connectivity index (χ1n) is 5.47. The Morgan fingerprint density at radius 1 is 1.47 bits per heavy atom. The van der Waals surface area contributed by atoms with Gasteiger partial charge < -0.3 is 25.6 Å². The fourth-order valence-electron chi connectivity index (χ4n) is 1.86. The van der Waals surface area contributed by atoms with E-state index >= 15 is 0 Å². The number of nitrogens with one attached hydrogen (secondary N) is 2. The summed E-state index contributed by atoms with van der Waals surface area (Å²) < 4.78 is 4.76. The van der Waals surface area contributed by atoms with Gasteiger partial charge in [-0.15, -0.1) is 0 Å². The molecule has 0 aromatic rings. The predicted octanol–water partition coefficient (Wildman–Crippen LogP) is -0.700. The van der Waals surface area contributed by atoms with Gasteiger partial charge in [0, 0.05) is 13.7 Å². The first-order valence-corrected chi connectivity index (χ1v) is 5.47. The molecule has 0 radical (unpaired) electrons. The number of rotatable bonds is 6. The van der Waals surface area contributed by atoms with Gasteiger partial charge in [-0.2, -0.15) is 0 Å². The zero-order valence-corrected chi connectivity index (χ0v) is 9.73. The number of carbonyl (C=O) groups is 2. The van der Waals surface area contributed by atoms with Crippen LogP contribution < -0.4 is 10.6 Å². The second-order valence-electron chi connectivity index (χ2n) is 4.13. The lowest BCUT2D eigenvalue weighted by Crippen LogP contribution is -2.64. The van der Waals surface area contributed by atoms with E-state index in [1.54, 1.807) is 0 Å². The lowest BCUT2D eigenvalue weighted by molar-refractivity contribution is -0.136. The lowest BCUT2D eigenvalue weighted by Gasteiger charge is -2.44. The summed E-state index contributed by atoms with van der Waals surface area (Å²) in [5, 5.41) is 23.3. The SMILES string of the molecule is COCCNC(=O)C(O)C1(NC(=O)O)CCC1. The van der Waals surface area contributed by atoms with Crippen molar-refractivity contribution in [2.24, 2.45) is 0 Å². The topological polar surface area (TPSA) is 108 Å². The molecule has 7 nitrogen and oxygen atoms in total. The van der Waals surface area contributed by atoms with Gasteiger partial charge in [-0.1, -0.05) is 0 Å². The fraction of sp³-hybridized carbons (Fsp3) is 0.800. The summed E-state index contributed by atoms with van der Waals surface area (Å²) in [5.74, 6) is -0.574. The third-order valence-corrected chi connectivity index (χ3v) is 2.98. The van der Waals surface area contributed by atoms with Crippen LogP contribution in [0.4, 0.5) is 4.79 Å². The molecule has 0 spiro atoms. The molecule has 1 atom stereocenters. The van der Waals surface area contributed by atoms with Crippen molar-refractivity contribution in [3.63, 3.8) is 0 Å². The molecule has 1 unspecified atom stereocenters. The van der Waals surface area contributed by atoms with E-state index in [1.807, 2.05) is 0 Å². The van der Waals surface area contributed by atoms with Crippen molar-refractivity contribution >= 4 is 12.0 Å². The molecule has 0 aliphatic heterocycles. The molecule has 1 aliphatic carbocycles. The Kier molecular flexibility index (Phi) is 4.71. The van der Waals surface area contributed by atoms with Gasteiger partial charge in [-0.05, 0) is 19.3 Å². The Morgan fingerprint density at radius 2 is 2.12 bits per heavy atom. The summed E-state index contributed by atoms with van der Waals surface area (Å²) in [6.45, 7) is 0.632. The monoisotopic (exact) mass is 246 g/mol. The number of aliphatic hydroxyl groups is 1. The van der Waals surface area contributed by atoms with Crippen molar-refractivity contribution in [2.75, 3.05) is 20.3 Å². The number of amides is 2. The van der Waals surface area contributed by atoms with Crippen molar-refractivity contribution in [2.45, 2.75) is 30.9 Å². The zero-order chi connectivity index (χ0) is 12.9. The van der Waals surface area contributed by atoms with Crippen LogP contribution in [0, 0.1) is 0 Å². The predicted molar refractivity (Wildman–Crippen MR) is 58.6 cm³/mol. The van der Waals surface area contributed by atoms with Crippen LogP contribution in [-0.4, -0.2) is 54.1 Å². The molecule has 0 aromatic carbocycles. The van der Waals surface area contributed by atoms with Crippen molar-refractivity contribution in [3.8, 4) is 0 Å². The number of hydrogen-bond donors (Lipinski definition) is 4. The van der Waals surface area contributed by atoms with Crippen LogP contribution in [0.5, 0.6) is 0 Å². The minimum absolute atomic E-state index is 0.287. The highest BCUT2D eigenvalue weighted by atomic mass is 16.5. The summed E-state index contributed by atoms with van der Waals surface area (Å²) in [7, 11) is 1.50. The highest BCUT2D eigenvalue weighted by molar-refractivity contribution is 5.83. The fourth-order valence-corrected chi connectivity index (χ4v) is 1.86. The first kappa shape index (κ1) is 13.7. The highest BCUT2D eigenvalue weighted by Crippen LogP contribution is 2.35. The minimum Gasteiger partial charge on any atom is -0.465 e. The van der Waals surface area contributed by atoms with Crippen molar-refractivity contribution in [1.82, 2.24) is 10.6 Å². The molecule has 4 N–H and O–H groups in total. The minimum atomic E-state index is -1.36. The number of ether oxygens (including phenoxy) is 1. The highest BCUT2D eigenvalue weighted by Gasteiger charge is 2.48. The van der Waals surface area contributed by atoms with Crippen molar-refractivity contribution in [1.29, 1.82) is 0 Å². The number of carbonyl (C=O) groups excluding carboxylic acids is 1. The summed E-state index contributed by atoms with van der Waals surface area (Å²) >= 11 is 0. The maximum absolute atomic E-state index is 11.6. The van der Waals surface area contributed by atoms with Crippen LogP contribution in [0.1, 0.15) is 19.3 Å². The standard InChI is InChI=1S/C10H18N2O5/c1-17-6-5-11-8(14)7(13)10(3-2-4-10)12-9(15)16/h7,12-13H,2-6H2,1H3,(H,11,14)(H,15,16). The molecular weight excluding hydrogens is 228 g/mol. The van der Waals surface area contributed by atoms with E-state index in [1.165, 1.54) is 7.11 Å². The molecule has 0 saturated heterocycles. The van der Waals surface area contributed by atoms with Crippen LogP contribution in [0.25, 0.3) is 0 Å². The largest absolute Gasteiger partial charge is 0.465 e. The molecule has 17 heavy (non-hydrogen) atoms. The van der Waals surface area contributed by atoms with Gasteiger partial charge in [-0.25, -0.2) is 4.79 Å². The number of hydrogen-bond acceptors (Lipinski definition) is 4. The molecule has 98 valence electrons. The second kappa shape index (κ2) is 5.83. The van der Waals surface area contributed by atoms with E-state index < -0.39 is 23.6 Å². The summed E-state index contributed by atoms with van der Waals surface area (Å²) in [5.41, 5.74) is -1.02. The normalized spacial score (nSPS) is 18.9. The van der Waals surface area contributed by atoms with Crippen LogP contribution in [0.3, 0.4) is 0 Å². The molecule has 1 aliphatic rings. The summed E-state index contributed by atoms with van der Waals surface area (Å²) in [4.78, 5) is 22.2. The molecule has 1 rings (SSSR count). The Bertz CT molecular complexity index is 290. The molecule has 0 heterocycles. The van der Waals surface area contributed by atoms with Gasteiger partial charge in [0.15, 0.2) is 6.10 Å². The van der Waals surface area contributed by atoms with Crippen LogP contribution in [0.2, 0.25) is 0 Å². The third kappa shape index (κ3) is 3.31. The number of carboxylic acid groups (broad SMARTS) is 1. The van der Waals surface area contributed by atoms with Crippen LogP contribution >= 0.6 is 0 Å². The lowest BCUT2D eigenvalue weighted by atomic mass is 9.72. The molecular formula is C10H18N2O5. The van der Waals surface area contributed by atoms with E-state index in [2.05, 4.69) is 10.6 Å². The maximum Gasteiger partial charge on any atom is 0.405 e. The summed E-state index contributed by atoms with van der Waals surface area (Å²) in [6, 6.07) is 0. The molecule has 7 heteroatoms. The van der Waals surface area contributed by atoms with Gasteiger partial charge >= 0.3 is 6.09 Å². The van der Waals surface area contributed by atoms with Gasteiger partial charge in [0.25, 0.3) is 5.91 Å². The smallest absolute Gasteiger partial charge is 0.405 e. The number of methoxy groups -OCH3 is 1. The molecule has 0 aromatic heterocycles. The molecule has 0 bridgehead atoms.